The summed E-state index contributed by atoms with van der Waals surface area (Å²) in [6.07, 6.45) is 35.4. The minimum absolute atomic E-state index is 0.0266. The highest BCUT2D eigenvalue weighted by atomic mass is 32.3. The third-order valence-corrected chi connectivity index (χ3v) is 10.1. The predicted octanol–water partition coefficient (Wildman–Crippen LogP) is 8.96. The molecule has 0 amide bonds. The van der Waals surface area contributed by atoms with E-state index in [2.05, 4.69) is 78.8 Å². The Morgan fingerprint density at radius 2 is 1.19 bits per heavy atom. The van der Waals surface area contributed by atoms with Crippen LogP contribution in [0.5, 0.6) is 0 Å². The summed E-state index contributed by atoms with van der Waals surface area (Å²) in [6.45, 7) is 3.82. The number of carbonyl (C=O) groups is 1. The third kappa shape index (κ3) is 29.9. The number of carbonyl (C=O) groups excluding carboxylic acids is 1. The molecule has 336 valence electrons. The number of hydrogen-bond acceptors (Lipinski definition) is 11. The van der Waals surface area contributed by atoms with Crippen molar-refractivity contribution in [2.45, 2.75) is 192 Å². The van der Waals surface area contributed by atoms with Gasteiger partial charge in [0, 0.05) is 13.0 Å². The highest BCUT2D eigenvalue weighted by Gasteiger charge is 2.48. The van der Waals surface area contributed by atoms with Crippen molar-refractivity contribution in [3.05, 3.63) is 60.8 Å². The van der Waals surface area contributed by atoms with Crippen molar-refractivity contribution < 1.29 is 56.2 Å². The molecule has 0 aromatic heterocycles. The van der Waals surface area contributed by atoms with Gasteiger partial charge in [-0.3, -0.25) is 9.35 Å². The van der Waals surface area contributed by atoms with Crippen molar-refractivity contribution in [2.75, 3.05) is 26.4 Å². The second-order valence-corrected chi connectivity index (χ2v) is 16.0. The molecule has 1 saturated heterocycles. The average molecular weight is 843 g/mol. The number of allylic oxidation sites excluding steroid dienone is 10. The first-order valence-electron chi connectivity index (χ1n) is 22.0. The van der Waals surface area contributed by atoms with E-state index in [1.165, 1.54) is 44.9 Å². The Morgan fingerprint density at radius 1 is 0.672 bits per heavy atom. The second kappa shape index (κ2) is 36.6. The van der Waals surface area contributed by atoms with Crippen LogP contribution in [0.2, 0.25) is 0 Å². The van der Waals surface area contributed by atoms with Crippen molar-refractivity contribution in [2.24, 2.45) is 0 Å². The van der Waals surface area contributed by atoms with E-state index >= 15 is 0 Å². The molecule has 0 aliphatic carbocycles. The third-order valence-electron chi connectivity index (χ3n) is 9.65. The highest BCUT2D eigenvalue weighted by molar-refractivity contribution is 7.80. The Labute approximate surface area is 350 Å². The molecule has 1 aliphatic heterocycles. The van der Waals surface area contributed by atoms with Gasteiger partial charge >= 0.3 is 16.4 Å². The van der Waals surface area contributed by atoms with Crippen molar-refractivity contribution in [1.29, 1.82) is 0 Å². The smallest absolute Gasteiger partial charge is 0.397 e. The molecule has 0 aromatic rings. The van der Waals surface area contributed by atoms with Crippen molar-refractivity contribution in [3.63, 3.8) is 0 Å². The highest BCUT2D eigenvalue weighted by Crippen LogP contribution is 2.26. The maximum Gasteiger partial charge on any atom is 0.397 e. The molecule has 0 saturated carbocycles. The summed E-state index contributed by atoms with van der Waals surface area (Å²) in [7, 11) is -5.06. The first-order valence-corrected chi connectivity index (χ1v) is 23.4. The van der Waals surface area contributed by atoms with Crippen LogP contribution in [-0.4, -0.2) is 97.5 Å². The summed E-state index contributed by atoms with van der Waals surface area (Å²) in [5.74, 6) is -0.420. The van der Waals surface area contributed by atoms with E-state index in [-0.39, 0.29) is 19.6 Å². The van der Waals surface area contributed by atoms with Crippen LogP contribution in [0.4, 0.5) is 0 Å². The predicted molar refractivity (Wildman–Crippen MR) is 229 cm³/mol. The minimum atomic E-state index is -5.06. The molecule has 0 aromatic carbocycles. The Kier molecular flexibility index (Phi) is 34.0. The summed E-state index contributed by atoms with van der Waals surface area (Å²) < 4.78 is 58.9. The Morgan fingerprint density at radius 3 is 1.74 bits per heavy atom. The van der Waals surface area contributed by atoms with Gasteiger partial charge in [0.15, 0.2) is 6.29 Å². The number of unbranched alkanes of at least 4 members (excludes halogenated alkanes) is 14. The van der Waals surface area contributed by atoms with Crippen LogP contribution in [0.1, 0.15) is 155 Å². The molecule has 6 atom stereocenters. The normalized spacial score (nSPS) is 21.1. The molecule has 12 nitrogen and oxygen atoms in total. The van der Waals surface area contributed by atoms with Crippen molar-refractivity contribution in [3.8, 4) is 0 Å². The number of esters is 1. The van der Waals surface area contributed by atoms with E-state index in [4.69, 9.17) is 23.5 Å². The molecule has 1 aliphatic rings. The van der Waals surface area contributed by atoms with Crippen LogP contribution < -0.4 is 0 Å². The molecule has 13 heteroatoms. The van der Waals surface area contributed by atoms with E-state index in [0.29, 0.717) is 13.0 Å². The van der Waals surface area contributed by atoms with Gasteiger partial charge in [0.25, 0.3) is 0 Å². The van der Waals surface area contributed by atoms with Gasteiger partial charge in [-0.2, -0.15) is 8.42 Å². The number of aliphatic hydroxyl groups excluding tert-OH is 3. The topological polar surface area (TPSA) is 178 Å². The molecule has 4 N–H and O–H groups in total. The Balaban J connectivity index is 2.42. The van der Waals surface area contributed by atoms with Gasteiger partial charge in [0.1, 0.15) is 30.5 Å². The summed E-state index contributed by atoms with van der Waals surface area (Å²) in [5.41, 5.74) is 0. The zero-order valence-electron chi connectivity index (χ0n) is 35.6. The van der Waals surface area contributed by atoms with E-state index in [0.717, 1.165) is 83.5 Å². The summed E-state index contributed by atoms with van der Waals surface area (Å²) in [6, 6.07) is 0. The van der Waals surface area contributed by atoms with E-state index < -0.39 is 59.8 Å². The SMILES string of the molecule is CC/C=C\C/C=C\C/C=C\C/C=C\C/C=C\CCCCCCCC(=O)OC(COCCCCCCCCCCCC)COC1OC(CO)C(O)C(OS(=O)(=O)O)C1O. The standard InChI is InChI=1S/C45H78O12S/c1-3-5-7-9-11-13-15-16-17-18-19-20-21-22-23-24-25-26-28-30-32-34-41(47)55-39(37-53-35-33-31-29-27-14-12-10-8-6-4-2)38-54-45-43(49)44(57-58(50,51)52)42(48)40(36-46)56-45/h5,7,11,13,16-17,19-20,22-23,39-40,42-46,48-49H,3-4,6,8-10,12,14-15,18,21,24-38H2,1-2H3,(H,50,51,52)/b7-5-,13-11-,17-16-,20-19-,23-22-. The zero-order chi connectivity index (χ0) is 42.5. The monoisotopic (exact) mass is 843 g/mol. The second-order valence-electron chi connectivity index (χ2n) is 14.9. The number of aliphatic hydroxyl groups is 3. The van der Waals surface area contributed by atoms with Crippen LogP contribution in [0.25, 0.3) is 0 Å². The maximum atomic E-state index is 12.8. The van der Waals surface area contributed by atoms with Gasteiger partial charge in [-0.15, -0.1) is 0 Å². The van der Waals surface area contributed by atoms with Crippen LogP contribution >= 0.6 is 0 Å². The summed E-state index contributed by atoms with van der Waals surface area (Å²) in [4.78, 5) is 12.8. The number of rotatable bonds is 37. The lowest BCUT2D eigenvalue weighted by Gasteiger charge is -2.41. The lowest BCUT2D eigenvalue weighted by atomic mass is 9.99. The van der Waals surface area contributed by atoms with Crippen LogP contribution in [-0.2, 0) is 38.3 Å². The largest absolute Gasteiger partial charge is 0.457 e. The summed E-state index contributed by atoms with van der Waals surface area (Å²) in [5, 5.41) is 30.6. The molecule has 0 bridgehead atoms. The van der Waals surface area contributed by atoms with Crippen molar-refractivity contribution >= 4 is 16.4 Å². The molecule has 6 unspecified atom stereocenters. The number of ether oxygens (including phenoxy) is 4. The Bertz CT molecular complexity index is 1250. The van der Waals surface area contributed by atoms with E-state index in [1.54, 1.807) is 0 Å². The first kappa shape index (κ1) is 53.8. The molecule has 1 fully saturated rings. The van der Waals surface area contributed by atoms with Gasteiger partial charge in [-0.1, -0.05) is 152 Å². The lowest BCUT2D eigenvalue weighted by molar-refractivity contribution is -0.301. The average Bonchev–Trinajstić information content (AvgIpc) is 3.19. The quantitative estimate of drug-likeness (QED) is 0.0202. The molecule has 58 heavy (non-hydrogen) atoms. The fourth-order valence-corrected chi connectivity index (χ4v) is 6.85. The maximum absolute atomic E-state index is 12.8. The van der Waals surface area contributed by atoms with E-state index in [9.17, 15) is 28.5 Å². The number of hydrogen-bond donors (Lipinski definition) is 4. The lowest BCUT2D eigenvalue weighted by Crippen LogP contribution is -2.60. The Hall–Kier alpha value is -2.20. The molecule has 1 rings (SSSR count). The van der Waals surface area contributed by atoms with Crippen LogP contribution in [0, 0.1) is 0 Å². The zero-order valence-corrected chi connectivity index (χ0v) is 36.4. The molecular weight excluding hydrogens is 765 g/mol. The molecule has 1 heterocycles. The van der Waals surface area contributed by atoms with Gasteiger partial charge in [-0.05, 0) is 57.8 Å². The molecular formula is C45H78O12S. The van der Waals surface area contributed by atoms with Gasteiger partial charge in [-0.25, -0.2) is 4.18 Å². The van der Waals surface area contributed by atoms with Crippen LogP contribution in [0.15, 0.2) is 60.8 Å². The van der Waals surface area contributed by atoms with Crippen LogP contribution in [0.3, 0.4) is 0 Å². The fourth-order valence-electron chi connectivity index (χ4n) is 6.34. The van der Waals surface area contributed by atoms with Gasteiger partial charge in [0.2, 0.25) is 0 Å². The molecule has 0 radical (unpaired) electrons. The molecule has 0 spiro atoms. The van der Waals surface area contributed by atoms with Gasteiger partial charge in [0.05, 0.1) is 19.8 Å². The fraction of sp³-hybridized carbons (Fsp3) is 0.756. The van der Waals surface area contributed by atoms with Crippen molar-refractivity contribution in [1.82, 2.24) is 0 Å². The van der Waals surface area contributed by atoms with E-state index in [1.807, 2.05) is 0 Å². The minimum Gasteiger partial charge on any atom is -0.457 e. The van der Waals surface area contributed by atoms with Gasteiger partial charge < -0.3 is 34.3 Å². The summed E-state index contributed by atoms with van der Waals surface area (Å²) >= 11 is 0. The first-order chi connectivity index (χ1) is 28.1.